The van der Waals surface area contributed by atoms with Gasteiger partial charge in [-0.15, -0.1) is 16.8 Å². The van der Waals surface area contributed by atoms with E-state index in [0.717, 1.165) is 33.6 Å². The summed E-state index contributed by atoms with van der Waals surface area (Å²) in [5, 5.41) is 9.36. The van der Waals surface area contributed by atoms with E-state index < -0.39 is 0 Å². The minimum atomic E-state index is 0.388. The summed E-state index contributed by atoms with van der Waals surface area (Å²) in [6, 6.07) is 7.94. The molecule has 0 saturated carbocycles. The third-order valence-corrected chi connectivity index (χ3v) is 4.20. The highest BCUT2D eigenvalue weighted by atomic mass is 32.2. The van der Waals surface area contributed by atoms with Crippen molar-refractivity contribution in [1.29, 1.82) is 0 Å². The maximum Gasteiger partial charge on any atom is 0.191 e. The van der Waals surface area contributed by atoms with Gasteiger partial charge in [0.1, 0.15) is 12.4 Å². The molecule has 1 aromatic carbocycles. The fourth-order valence-electron chi connectivity index (χ4n) is 1.89. The Morgan fingerprint density at radius 2 is 2.14 bits per heavy atom. The quantitative estimate of drug-likeness (QED) is 0.545. The lowest BCUT2D eigenvalue weighted by Crippen LogP contribution is -2.08. The molecule has 0 atom stereocenters. The van der Waals surface area contributed by atoms with E-state index in [9.17, 15) is 0 Å². The Hall–Kier alpha value is -2.01. The summed E-state index contributed by atoms with van der Waals surface area (Å²) >= 11 is 1.63. The van der Waals surface area contributed by atoms with Gasteiger partial charge >= 0.3 is 0 Å². The predicted octanol–water partition coefficient (Wildman–Crippen LogP) is 4.02. The Bertz CT molecular complexity index is 664. The molecule has 2 rings (SSSR count). The molecule has 5 heteroatoms. The second-order valence-electron chi connectivity index (χ2n) is 5.10. The molecule has 22 heavy (non-hydrogen) atoms. The van der Waals surface area contributed by atoms with E-state index in [2.05, 4.69) is 23.4 Å². The van der Waals surface area contributed by atoms with Crippen molar-refractivity contribution in [2.45, 2.75) is 32.2 Å². The number of ether oxygens (including phenoxy) is 1. The van der Waals surface area contributed by atoms with Gasteiger partial charge in [0.2, 0.25) is 0 Å². The molecule has 1 aromatic heterocycles. The Kier molecular flexibility index (Phi) is 5.83. The van der Waals surface area contributed by atoms with Crippen molar-refractivity contribution in [2.75, 3.05) is 5.75 Å². The van der Waals surface area contributed by atoms with E-state index in [4.69, 9.17) is 4.74 Å². The molecule has 0 aliphatic rings. The second-order valence-corrected chi connectivity index (χ2v) is 6.04. The first kappa shape index (κ1) is 16.4. The highest BCUT2D eigenvalue weighted by Crippen LogP contribution is 2.21. The highest BCUT2D eigenvalue weighted by Gasteiger charge is 2.12. The average molecular weight is 315 g/mol. The van der Waals surface area contributed by atoms with Crippen molar-refractivity contribution in [3.05, 3.63) is 60.5 Å². The summed E-state index contributed by atoms with van der Waals surface area (Å²) in [6.07, 6.45) is 1.84. The van der Waals surface area contributed by atoms with E-state index in [1.807, 2.05) is 48.8 Å². The number of aromatic nitrogens is 3. The third-order valence-electron chi connectivity index (χ3n) is 3.00. The maximum absolute atomic E-state index is 5.86. The largest absolute Gasteiger partial charge is 0.485 e. The van der Waals surface area contributed by atoms with Gasteiger partial charge in [-0.25, -0.2) is 0 Å². The maximum atomic E-state index is 5.86. The lowest BCUT2D eigenvalue weighted by atomic mass is 10.2. The molecule has 4 nitrogen and oxygen atoms in total. The number of hydrogen-bond donors (Lipinski definition) is 0. The van der Waals surface area contributed by atoms with Crippen molar-refractivity contribution >= 4 is 11.8 Å². The zero-order chi connectivity index (χ0) is 15.9. The number of benzene rings is 1. The molecular weight excluding hydrogens is 294 g/mol. The number of allylic oxidation sites excluding steroid dienone is 1. The average Bonchev–Trinajstić information content (AvgIpc) is 2.87. The highest BCUT2D eigenvalue weighted by molar-refractivity contribution is 7.99. The van der Waals surface area contributed by atoms with Crippen LogP contribution in [0.2, 0.25) is 0 Å². The number of hydrogen-bond acceptors (Lipinski definition) is 4. The minimum absolute atomic E-state index is 0.388. The van der Waals surface area contributed by atoms with Gasteiger partial charge in [-0.1, -0.05) is 48.2 Å². The second kappa shape index (κ2) is 7.84. The van der Waals surface area contributed by atoms with Crippen molar-refractivity contribution in [2.24, 2.45) is 0 Å². The predicted molar refractivity (Wildman–Crippen MR) is 91.3 cm³/mol. The summed E-state index contributed by atoms with van der Waals surface area (Å²) < 4.78 is 7.89. The van der Waals surface area contributed by atoms with Crippen molar-refractivity contribution in [3.8, 4) is 5.75 Å². The SMILES string of the molecule is C=CCn1c(COc2ccccc2C)nnc1SCC(=C)C. The fraction of sp³-hybridized carbons (Fsp3) is 0.294. The summed E-state index contributed by atoms with van der Waals surface area (Å²) in [5.41, 5.74) is 2.21. The van der Waals surface area contributed by atoms with E-state index in [1.165, 1.54) is 0 Å². The molecule has 0 aliphatic heterocycles. The van der Waals surface area contributed by atoms with E-state index in [0.29, 0.717) is 13.2 Å². The Labute approximate surface area is 135 Å². The van der Waals surface area contributed by atoms with Crippen LogP contribution in [-0.4, -0.2) is 20.5 Å². The summed E-state index contributed by atoms with van der Waals surface area (Å²) in [5.74, 6) is 2.49. The van der Waals surface area contributed by atoms with Gasteiger partial charge in [0.15, 0.2) is 11.0 Å². The number of rotatable bonds is 8. The normalized spacial score (nSPS) is 10.5. The molecule has 0 radical (unpaired) electrons. The van der Waals surface area contributed by atoms with Gasteiger partial charge in [-0.05, 0) is 25.5 Å². The number of para-hydroxylation sites is 1. The smallest absolute Gasteiger partial charge is 0.191 e. The van der Waals surface area contributed by atoms with Crippen LogP contribution in [-0.2, 0) is 13.2 Å². The lowest BCUT2D eigenvalue weighted by molar-refractivity contribution is 0.287. The lowest BCUT2D eigenvalue weighted by Gasteiger charge is -2.10. The van der Waals surface area contributed by atoms with Gasteiger partial charge in [0, 0.05) is 12.3 Å². The van der Waals surface area contributed by atoms with E-state index in [1.54, 1.807) is 11.8 Å². The minimum Gasteiger partial charge on any atom is -0.485 e. The molecule has 0 saturated heterocycles. The van der Waals surface area contributed by atoms with Crippen LogP contribution in [0.1, 0.15) is 18.3 Å². The first-order valence-corrected chi connectivity index (χ1v) is 8.09. The van der Waals surface area contributed by atoms with Crippen LogP contribution in [0.5, 0.6) is 5.75 Å². The molecule has 2 aromatic rings. The molecule has 0 unspecified atom stereocenters. The molecule has 0 fully saturated rings. The Morgan fingerprint density at radius 3 is 2.82 bits per heavy atom. The molecule has 0 amide bonds. The van der Waals surface area contributed by atoms with Crippen molar-refractivity contribution in [3.63, 3.8) is 0 Å². The van der Waals surface area contributed by atoms with Crippen molar-refractivity contribution < 1.29 is 4.74 Å². The van der Waals surface area contributed by atoms with Gasteiger partial charge in [-0.3, -0.25) is 4.57 Å². The van der Waals surface area contributed by atoms with E-state index in [-0.39, 0.29) is 0 Å². The number of aryl methyl sites for hydroxylation is 1. The topological polar surface area (TPSA) is 39.9 Å². The van der Waals surface area contributed by atoms with Gasteiger partial charge in [-0.2, -0.15) is 0 Å². The van der Waals surface area contributed by atoms with Gasteiger partial charge in [0.25, 0.3) is 0 Å². The van der Waals surface area contributed by atoms with Crippen LogP contribution < -0.4 is 4.74 Å². The van der Waals surface area contributed by atoms with Crippen LogP contribution in [0.4, 0.5) is 0 Å². The molecule has 0 bridgehead atoms. The first-order chi connectivity index (χ1) is 10.6. The Morgan fingerprint density at radius 1 is 1.36 bits per heavy atom. The monoisotopic (exact) mass is 315 g/mol. The van der Waals surface area contributed by atoms with Crippen molar-refractivity contribution in [1.82, 2.24) is 14.8 Å². The van der Waals surface area contributed by atoms with Crippen LogP contribution in [0.15, 0.2) is 54.2 Å². The fourth-order valence-corrected chi connectivity index (χ4v) is 2.70. The zero-order valence-electron chi connectivity index (χ0n) is 13.1. The van der Waals surface area contributed by atoms with Crippen LogP contribution in [0.3, 0.4) is 0 Å². The molecule has 0 spiro atoms. The summed E-state index contributed by atoms with van der Waals surface area (Å²) in [4.78, 5) is 0. The molecule has 1 heterocycles. The number of nitrogens with zero attached hydrogens (tertiary/aromatic N) is 3. The van der Waals surface area contributed by atoms with Gasteiger partial charge in [0.05, 0.1) is 0 Å². The van der Waals surface area contributed by atoms with Crippen LogP contribution >= 0.6 is 11.8 Å². The first-order valence-electron chi connectivity index (χ1n) is 7.10. The zero-order valence-corrected chi connectivity index (χ0v) is 13.9. The molecular formula is C17H21N3OS. The summed E-state index contributed by atoms with van der Waals surface area (Å²) in [6.45, 7) is 12.8. The van der Waals surface area contributed by atoms with Crippen LogP contribution in [0.25, 0.3) is 0 Å². The molecule has 0 N–H and O–H groups in total. The summed E-state index contributed by atoms with van der Waals surface area (Å²) in [7, 11) is 0. The van der Waals surface area contributed by atoms with Gasteiger partial charge < -0.3 is 4.74 Å². The molecule has 116 valence electrons. The van der Waals surface area contributed by atoms with Crippen LogP contribution in [0, 0.1) is 6.92 Å². The van der Waals surface area contributed by atoms with E-state index >= 15 is 0 Å². The number of thioether (sulfide) groups is 1. The standard InChI is InChI=1S/C17H21N3OS/c1-5-10-20-16(18-19-17(20)22-12-13(2)3)11-21-15-9-7-6-8-14(15)4/h5-9H,1-2,10-12H2,3-4H3. The Balaban J connectivity index is 2.11. The third kappa shape index (κ3) is 4.24. The molecule has 0 aliphatic carbocycles.